The molecule has 1 aromatic heterocycles. The van der Waals surface area contributed by atoms with Crippen LogP contribution in [-0.4, -0.2) is 4.98 Å². The monoisotopic (exact) mass is 213 g/mol. The molecule has 0 saturated heterocycles. The minimum atomic E-state index is 0.0659. The fraction of sp³-hybridized carbons (Fsp3) is 0.154. The van der Waals surface area contributed by atoms with Gasteiger partial charge in [0.05, 0.1) is 0 Å². The molecule has 0 amide bonds. The molecular weight excluding hydrogens is 200 g/mol. The van der Waals surface area contributed by atoms with E-state index < -0.39 is 0 Å². The van der Waals surface area contributed by atoms with Crippen LogP contribution in [0.4, 0.5) is 5.69 Å². The molecule has 1 radical (unpaired) electrons. The van der Waals surface area contributed by atoms with E-state index in [9.17, 15) is 5.11 Å². The maximum absolute atomic E-state index is 11.4. The van der Waals surface area contributed by atoms with Gasteiger partial charge in [0.15, 0.2) is 5.75 Å². The first-order valence-corrected chi connectivity index (χ1v) is 5.16. The molecule has 0 aliphatic carbocycles. The minimum absolute atomic E-state index is 0.0659. The van der Waals surface area contributed by atoms with Gasteiger partial charge in [0.1, 0.15) is 0 Å². The lowest BCUT2D eigenvalue weighted by Gasteiger charge is -2.06. The minimum Gasteiger partial charge on any atom is -0.381 e. The Bertz CT molecular complexity index is 469. The quantitative estimate of drug-likeness (QED) is 0.851. The molecule has 0 unspecified atom stereocenters. The summed E-state index contributed by atoms with van der Waals surface area (Å²) in [4.78, 5) is 4.03. The molecule has 1 N–H and O–H groups in total. The van der Waals surface area contributed by atoms with Gasteiger partial charge >= 0.3 is 0 Å². The summed E-state index contributed by atoms with van der Waals surface area (Å²) in [5, 5.41) is 14.6. The van der Waals surface area contributed by atoms with Crippen LogP contribution in [0.3, 0.4) is 0 Å². The van der Waals surface area contributed by atoms with E-state index in [0.717, 1.165) is 16.8 Å². The van der Waals surface area contributed by atoms with E-state index in [0.29, 0.717) is 6.54 Å². The molecule has 16 heavy (non-hydrogen) atoms. The Morgan fingerprint density at radius 3 is 2.88 bits per heavy atom. The van der Waals surface area contributed by atoms with E-state index in [2.05, 4.69) is 10.3 Å². The molecule has 1 heterocycles. The summed E-state index contributed by atoms with van der Waals surface area (Å²) >= 11 is 0. The number of aromatic nitrogens is 1. The van der Waals surface area contributed by atoms with Crippen molar-refractivity contribution in [3.05, 3.63) is 53.9 Å². The number of hydrogen-bond donors (Lipinski definition) is 1. The fourth-order valence-electron chi connectivity index (χ4n) is 1.42. The normalized spacial score (nSPS) is 10.1. The van der Waals surface area contributed by atoms with Crippen LogP contribution < -0.4 is 5.32 Å². The second kappa shape index (κ2) is 4.66. The highest BCUT2D eigenvalue weighted by molar-refractivity contribution is 5.51. The van der Waals surface area contributed by atoms with Gasteiger partial charge in [-0.2, -0.15) is 0 Å². The molecule has 81 valence electrons. The maximum Gasteiger partial charge on any atom is 0.183 e. The van der Waals surface area contributed by atoms with Gasteiger partial charge in [-0.15, -0.1) is 0 Å². The Labute approximate surface area is 94.8 Å². The van der Waals surface area contributed by atoms with Crippen molar-refractivity contribution in [1.29, 1.82) is 0 Å². The predicted octanol–water partition coefficient (Wildman–Crippen LogP) is 3.15. The molecule has 2 aromatic rings. The predicted molar refractivity (Wildman–Crippen MR) is 62.9 cm³/mol. The topological polar surface area (TPSA) is 44.8 Å². The summed E-state index contributed by atoms with van der Waals surface area (Å²) in [7, 11) is 0. The zero-order valence-corrected chi connectivity index (χ0v) is 9.10. The van der Waals surface area contributed by atoms with Crippen LogP contribution in [-0.2, 0) is 11.7 Å². The van der Waals surface area contributed by atoms with Gasteiger partial charge in [-0.1, -0.05) is 12.1 Å². The Morgan fingerprint density at radius 1 is 1.31 bits per heavy atom. The summed E-state index contributed by atoms with van der Waals surface area (Å²) in [5.74, 6) is 0.0659. The van der Waals surface area contributed by atoms with Crippen molar-refractivity contribution >= 4 is 5.69 Å². The van der Waals surface area contributed by atoms with E-state index in [-0.39, 0.29) is 5.75 Å². The van der Waals surface area contributed by atoms with Gasteiger partial charge in [-0.05, 0) is 30.2 Å². The molecule has 0 spiro atoms. The molecule has 3 heteroatoms. The Morgan fingerprint density at radius 2 is 2.19 bits per heavy atom. The number of benzene rings is 1. The summed E-state index contributed by atoms with van der Waals surface area (Å²) in [6.07, 6.45) is 3.55. The van der Waals surface area contributed by atoms with Crippen molar-refractivity contribution in [2.24, 2.45) is 0 Å². The third kappa shape index (κ3) is 2.51. The number of nitrogens with one attached hydrogen (secondary N) is 1. The summed E-state index contributed by atoms with van der Waals surface area (Å²) in [5.41, 5.74) is 2.71. The van der Waals surface area contributed by atoms with E-state index >= 15 is 0 Å². The zero-order chi connectivity index (χ0) is 11.4. The van der Waals surface area contributed by atoms with Gasteiger partial charge < -0.3 is 5.32 Å². The first-order valence-electron chi connectivity index (χ1n) is 5.16. The van der Waals surface area contributed by atoms with Crippen LogP contribution in [0, 0.1) is 6.92 Å². The van der Waals surface area contributed by atoms with Crippen molar-refractivity contribution in [2.45, 2.75) is 13.5 Å². The summed E-state index contributed by atoms with van der Waals surface area (Å²) in [6, 6.07) is 9.24. The summed E-state index contributed by atoms with van der Waals surface area (Å²) in [6.45, 7) is 2.49. The van der Waals surface area contributed by atoms with E-state index in [1.807, 2.05) is 31.2 Å². The number of anilines is 1. The average molecular weight is 213 g/mol. The Kier molecular flexibility index (Phi) is 3.05. The van der Waals surface area contributed by atoms with Gasteiger partial charge in [-0.25, -0.2) is 0 Å². The molecule has 0 atom stereocenters. The highest BCUT2D eigenvalue weighted by atomic mass is 16.3. The average Bonchev–Trinajstić information content (AvgIpc) is 2.32. The third-order valence-corrected chi connectivity index (χ3v) is 2.41. The summed E-state index contributed by atoms with van der Waals surface area (Å²) < 4.78 is 0. The molecular formula is C13H13N2O. The van der Waals surface area contributed by atoms with Crippen molar-refractivity contribution in [3.63, 3.8) is 0 Å². The SMILES string of the molecule is Cc1ccc(NCc2cccnc2)cc1[O]. The molecule has 1 aromatic carbocycles. The molecule has 0 aliphatic rings. The van der Waals surface area contributed by atoms with Crippen LogP contribution in [0.2, 0.25) is 0 Å². The van der Waals surface area contributed by atoms with Crippen molar-refractivity contribution in [3.8, 4) is 5.75 Å². The van der Waals surface area contributed by atoms with Crippen LogP contribution in [0.25, 0.3) is 0 Å². The molecule has 0 fully saturated rings. The molecule has 0 bridgehead atoms. The first-order chi connectivity index (χ1) is 7.75. The highest BCUT2D eigenvalue weighted by Gasteiger charge is 1.99. The van der Waals surface area contributed by atoms with E-state index in [1.165, 1.54) is 0 Å². The lowest BCUT2D eigenvalue weighted by molar-refractivity contribution is 0.352. The number of hydrogen-bond acceptors (Lipinski definition) is 2. The lowest BCUT2D eigenvalue weighted by Crippen LogP contribution is -1.99. The molecule has 3 nitrogen and oxygen atoms in total. The van der Waals surface area contributed by atoms with Gasteiger partial charge in [0.2, 0.25) is 0 Å². The Balaban J connectivity index is 2.03. The molecule has 2 rings (SSSR count). The lowest BCUT2D eigenvalue weighted by atomic mass is 10.2. The largest absolute Gasteiger partial charge is 0.381 e. The third-order valence-electron chi connectivity index (χ3n) is 2.41. The van der Waals surface area contributed by atoms with Crippen molar-refractivity contribution in [1.82, 2.24) is 4.98 Å². The fourth-order valence-corrected chi connectivity index (χ4v) is 1.42. The van der Waals surface area contributed by atoms with Crippen molar-refractivity contribution in [2.75, 3.05) is 5.32 Å². The van der Waals surface area contributed by atoms with E-state index in [4.69, 9.17) is 0 Å². The van der Waals surface area contributed by atoms with Crippen LogP contribution in [0.15, 0.2) is 42.7 Å². The van der Waals surface area contributed by atoms with Crippen LogP contribution in [0.5, 0.6) is 5.75 Å². The second-order valence-electron chi connectivity index (χ2n) is 3.70. The van der Waals surface area contributed by atoms with Gasteiger partial charge in [0.25, 0.3) is 0 Å². The zero-order valence-electron chi connectivity index (χ0n) is 9.10. The number of aryl methyl sites for hydroxylation is 1. The second-order valence-corrected chi connectivity index (χ2v) is 3.70. The number of nitrogens with zero attached hydrogens (tertiary/aromatic N) is 1. The maximum atomic E-state index is 11.4. The number of rotatable bonds is 3. The Hall–Kier alpha value is -2.03. The standard InChI is InChI=1S/C13H13N2O/c1-10-4-5-12(7-13(10)16)15-9-11-3-2-6-14-8-11/h2-8,15H,9H2,1H3. The molecule has 0 aliphatic heterocycles. The van der Waals surface area contributed by atoms with Crippen molar-refractivity contribution < 1.29 is 5.11 Å². The smallest absolute Gasteiger partial charge is 0.183 e. The van der Waals surface area contributed by atoms with E-state index in [1.54, 1.807) is 18.5 Å². The number of pyridine rings is 1. The van der Waals surface area contributed by atoms with Gasteiger partial charge in [-0.3, -0.25) is 10.1 Å². The first kappa shape index (κ1) is 10.5. The molecule has 0 saturated carbocycles. The highest BCUT2D eigenvalue weighted by Crippen LogP contribution is 2.21. The van der Waals surface area contributed by atoms with Gasteiger partial charge in [0, 0.05) is 30.7 Å². The van der Waals surface area contributed by atoms with Crippen LogP contribution in [0.1, 0.15) is 11.1 Å². The van der Waals surface area contributed by atoms with Crippen LogP contribution >= 0.6 is 0 Å².